The highest BCUT2D eigenvalue weighted by Gasteiger charge is 2.16. The van der Waals surface area contributed by atoms with E-state index in [9.17, 15) is 4.79 Å². The molecule has 0 aliphatic heterocycles. The van der Waals surface area contributed by atoms with E-state index in [-0.39, 0.29) is 12.5 Å². The third-order valence-electron chi connectivity index (χ3n) is 2.71. The summed E-state index contributed by atoms with van der Waals surface area (Å²) in [6, 6.07) is 5.22. The van der Waals surface area contributed by atoms with Gasteiger partial charge in [0, 0.05) is 5.02 Å². The van der Waals surface area contributed by atoms with Crippen molar-refractivity contribution >= 4 is 17.6 Å². The lowest BCUT2D eigenvalue weighted by atomic mass is 10.2. The Labute approximate surface area is 112 Å². The first-order valence-corrected chi connectivity index (χ1v) is 6.05. The van der Waals surface area contributed by atoms with Crippen LogP contribution >= 0.6 is 11.6 Å². The zero-order valence-corrected chi connectivity index (χ0v) is 11.6. The van der Waals surface area contributed by atoms with Gasteiger partial charge in [-0.1, -0.05) is 11.6 Å². The number of hydrogen-bond donors (Lipinski definition) is 1. The number of carboxylic acid groups (broad SMARTS) is 1. The van der Waals surface area contributed by atoms with Crippen LogP contribution in [0.2, 0.25) is 5.02 Å². The fourth-order valence-electron chi connectivity index (χ4n) is 1.55. The van der Waals surface area contributed by atoms with Crippen LogP contribution in [0.1, 0.15) is 12.0 Å². The maximum atomic E-state index is 10.7. The molecule has 0 saturated heterocycles. The van der Waals surface area contributed by atoms with E-state index in [0.29, 0.717) is 11.6 Å². The summed E-state index contributed by atoms with van der Waals surface area (Å²) < 4.78 is 5.65. The molecule has 18 heavy (non-hydrogen) atoms. The molecule has 0 fully saturated rings. The molecule has 0 aromatic heterocycles. The zero-order valence-electron chi connectivity index (χ0n) is 10.8. The van der Waals surface area contributed by atoms with Gasteiger partial charge in [0.2, 0.25) is 0 Å². The van der Waals surface area contributed by atoms with Gasteiger partial charge in [0.15, 0.2) is 0 Å². The molecular weight excluding hydrogens is 254 g/mol. The molecule has 1 unspecified atom stereocenters. The first-order chi connectivity index (χ1) is 8.40. The first kappa shape index (κ1) is 14.8. The lowest BCUT2D eigenvalue weighted by Crippen LogP contribution is -2.35. The number of aryl methyl sites for hydroxylation is 1. The Morgan fingerprint density at radius 3 is 2.67 bits per heavy atom. The Morgan fingerprint density at radius 2 is 2.17 bits per heavy atom. The van der Waals surface area contributed by atoms with E-state index in [1.807, 2.05) is 32.0 Å². The average molecular weight is 272 g/mol. The predicted molar refractivity (Wildman–Crippen MR) is 71.4 cm³/mol. The van der Waals surface area contributed by atoms with E-state index < -0.39 is 5.97 Å². The van der Waals surface area contributed by atoms with Gasteiger partial charge in [-0.15, -0.1) is 0 Å². The lowest BCUT2D eigenvalue weighted by molar-refractivity contribution is -0.138. The average Bonchev–Trinajstić information content (AvgIpc) is 2.25. The Kier molecular flexibility index (Phi) is 5.44. The molecule has 100 valence electrons. The highest BCUT2D eigenvalue weighted by Crippen LogP contribution is 2.22. The third-order valence-corrected chi connectivity index (χ3v) is 2.94. The van der Waals surface area contributed by atoms with Crippen molar-refractivity contribution < 1.29 is 14.6 Å². The molecule has 1 atom stereocenters. The molecule has 0 saturated carbocycles. The van der Waals surface area contributed by atoms with Gasteiger partial charge in [-0.2, -0.15) is 0 Å². The highest BCUT2D eigenvalue weighted by atomic mass is 35.5. The normalized spacial score (nSPS) is 12.5. The Hall–Kier alpha value is -1.26. The van der Waals surface area contributed by atoms with Crippen molar-refractivity contribution in [3.05, 3.63) is 28.8 Å². The fraction of sp³-hybridized carbons (Fsp3) is 0.462. The number of ether oxygens (including phenoxy) is 1. The second kappa shape index (κ2) is 6.61. The van der Waals surface area contributed by atoms with Gasteiger partial charge >= 0.3 is 5.97 Å². The largest absolute Gasteiger partial charge is 0.492 e. The monoisotopic (exact) mass is 271 g/mol. The SMILES string of the molecule is Cc1cc(Cl)ccc1OCC(CC(=O)O)N(C)C. The van der Waals surface area contributed by atoms with Gasteiger partial charge in [-0.3, -0.25) is 4.79 Å². The lowest BCUT2D eigenvalue weighted by Gasteiger charge is -2.23. The molecule has 0 spiro atoms. The van der Waals surface area contributed by atoms with E-state index in [1.165, 1.54) is 0 Å². The van der Waals surface area contributed by atoms with E-state index in [4.69, 9.17) is 21.4 Å². The van der Waals surface area contributed by atoms with Gasteiger partial charge in [0.1, 0.15) is 12.4 Å². The topological polar surface area (TPSA) is 49.8 Å². The van der Waals surface area contributed by atoms with Gasteiger partial charge in [-0.05, 0) is 44.8 Å². The summed E-state index contributed by atoms with van der Waals surface area (Å²) >= 11 is 5.86. The molecule has 0 amide bonds. The van der Waals surface area contributed by atoms with Crippen LogP contribution in [0, 0.1) is 6.92 Å². The molecule has 0 radical (unpaired) electrons. The maximum Gasteiger partial charge on any atom is 0.305 e. The van der Waals surface area contributed by atoms with Crippen molar-refractivity contribution in [2.45, 2.75) is 19.4 Å². The molecule has 0 bridgehead atoms. The van der Waals surface area contributed by atoms with E-state index in [2.05, 4.69) is 0 Å². The van der Waals surface area contributed by atoms with Crippen molar-refractivity contribution in [1.29, 1.82) is 0 Å². The minimum Gasteiger partial charge on any atom is -0.492 e. The molecule has 0 aliphatic carbocycles. The molecule has 0 aliphatic rings. The van der Waals surface area contributed by atoms with E-state index in [0.717, 1.165) is 11.3 Å². The number of rotatable bonds is 6. The summed E-state index contributed by atoms with van der Waals surface area (Å²) in [4.78, 5) is 12.6. The first-order valence-electron chi connectivity index (χ1n) is 5.67. The highest BCUT2D eigenvalue weighted by molar-refractivity contribution is 6.30. The maximum absolute atomic E-state index is 10.7. The van der Waals surface area contributed by atoms with Crippen LogP contribution in [0.5, 0.6) is 5.75 Å². The summed E-state index contributed by atoms with van der Waals surface area (Å²) in [6.07, 6.45) is 0.0552. The number of nitrogens with zero attached hydrogens (tertiary/aromatic N) is 1. The molecular formula is C13H18ClNO3. The van der Waals surface area contributed by atoms with Gasteiger partial charge in [-0.25, -0.2) is 0 Å². The number of carboxylic acids is 1. The summed E-state index contributed by atoms with van der Waals surface area (Å²) in [5.41, 5.74) is 0.940. The molecule has 4 nitrogen and oxygen atoms in total. The number of likely N-dealkylation sites (N-methyl/N-ethyl adjacent to an activating group) is 1. The van der Waals surface area contributed by atoms with Crippen LogP contribution < -0.4 is 4.74 Å². The smallest absolute Gasteiger partial charge is 0.305 e. The molecule has 1 N–H and O–H groups in total. The number of carbonyl (C=O) groups is 1. The summed E-state index contributed by atoms with van der Waals surface area (Å²) in [5.74, 6) is -0.0956. The minimum absolute atomic E-state index is 0.0552. The van der Waals surface area contributed by atoms with Crippen LogP contribution in [-0.4, -0.2) is 42.7 Å². The van der Waals surface area contributed by atoms with Crippen molar-refractivity contribution in [3.63, 3.8) is 0 Å². The summed E-state index contributed by atoms with van der Waals surface area (Å²) in [6.45, 7) is 2.24. The van der Waals surface area contributed by atoms with Crippen molar-refractivity contribution in [2.24, 2.45) is 0 Å². The minimum atomic E-state index is -0.829. The van der Waals surface area contributed by atoms with Crippen molar-refractivity contribution in [2.75, 3.05) is 20.7 Å². The molecule has 5 heteroatoms. The standard InChI is InChI=1S/C13H18ClNO3/c1-9-6-10(14)4-5-12(9)18-8-11(15(2)3)7-13(16)17/h4-6,11H,7-8H2,1-3H3,(H,16,17). The molecule has 1 aromatic carbocycles. The zero-order chi connectivity index (χ0) is 13.7. The number of aliphatic carboxylic acids is 1. The van der Waals surface area contributed by atoms with Crippen LogP contribution in [0.4, 0.5) is 0 Å². The van der Waals surface area contributed by atoms with Crippen LogP contribution in [0.3, 0.4) is 0 Å². The van der Waals surface area contributed by atoms with Crippen LogP contribution in [0.25, 0.3) is 0 Å². The van der Waals surface area contributed by atoms with Crippen LogP contribution in [0.15, 0.2) is 18.2 Å². The number of halogens is 1. The van der Waals surface area contributed by atoms with Crippen molar-refractivity contribution in [1.82, 2.24) is 4.90 Å². The van der Waals surface area contributed by atoms with Gasteiger partial charge in [0.25, 0.3) is 0 Å². The Balaban J connectivity index is 2.64. The second-order valence-corrected chi connectivity index (χ2v) is 4.87. The Morgan fingerprint density at radius 1 is 1.50 bits per heavy atom. The second-order valence-electron chi connectivity index (χ2n) is 4.44. The van der Waals surface area contributed by atoms with E-state index in [1.54, 1.807) is 12.1 Å². The quantitative estimate of drug-likeness (QED) is 0.863. The van der Waals surface area contributed by atoms with E-state index >= 15 is 0 Å². The molecule has 0 heterocycles. The van der Waals surface area contributed by atoms with Crippen LogP contribution in [-0.2, 0) is 4.79 Å². The summed E-state index contributed by atoms with van der Waals surface area (Å²) in [7, 11) is 3.68. The van der Waals surface area contributed by atoms with Crippen molar-refractivity contribution in [3.8, 4) is 5.75 Å². The fourth-order valence-corrected chi connectivity index (χ4v) is 1.78. The van der Waals surface area contributed by atoms with Gasteiger partial charge < -0.3 is 14.7 Å². The number of benzene rings is 1. The Bertz CT molecular complexity index is 421. The molecule has 1 rings (SSSR count). The van der Waals surface area contributed by atoms with Gasteiger partial charge in [0.05, 0.1) is 12.5 Å². The predicted octanol–water partition coefficient (Wildman–Crippen LogP) is 2.43. The molecule has 1 aromatic rings. The summed E-state index contributed by atoms with van der Waals surface area (Å²) in [5, 5.41) is 9.48. The third kappa shape index (κ3) is 4.55. The number of hydrogen-bond acceptors (Lipinski definition) is 3.